The summed E-state index contributed by atoms with van der Waals surface area (Å²) in [4.78, 5) is 10.8. The second-order valence-electron chi connectivity index (χ2n) is 3.80. The molecule has 0 aromatic heterocycles. The molecule has 2 aromatic rings. The molecular weight excluding hydrogens is 337 g/mol. The second kappa shape index (κ2) is 5.82. The Morgan fingerprint density at radius 2 is 1.61 bits per heavy atom. The number of hydrogen-bond acceptors (Lipinski definition) is 1. The molecule has 18 heavy (non-hydrogen) atoms. The first-order valence-electron chi connectivity index (χ1n) is 5.50. The van der Waals surface area contributed by atoms with Crippen LogP contribution in [0.4, 0.5) is 0 Å². The van der Waals surface area contributed by atoms with Gasteiger partial charge in [0, 0.05) is 9.65 Å². The fraction of sp³-hybridized carbons (Fsp3) is 0. The third-order valence-corrected chi connectivity index (χ3v) is 3.49. The quantitative estimate of drug-likeness (QED) is 0.669. The summed E-state index contributed by atoms with van der Waals surface area (Å²) in [5.41, 5.74) is 8.37. The van der Waals surface area contributed by atoms with Gasteiger partial charge in [-0.3, -0.25) is 4.79 Å². The molecule has 3 heteroatoms. The number of hydrogen-bond donors (Lipinski definition) is 1. The first-order valence-corrected chi connectivity index (χ1v) is 6.58. The van der Waals surface area contributed by atoms with Crippen molar-refractivity contribution in [1.29, 1.82) is 0 Å². The largest absolute Gasteiger partial charge is 0.366 e. The molecule has 2 rings (SSSR count). The fourth-order valence-electron chi connectivity index (χ4n) is 1.74. The molecule has 90 valence electrons. The Morgan fingerprint density at radius 1 is 1.00 bits per heavy atom. The van der Waals surface area contributed by atoms with Gasteiger partial charge in [-0.1, -0.05) is 42.5 Å². The van der Waals surface area contributed by atoms with Crippen LogP contribution in [0.3, 0.4) is 0 Å². The molecule has 0 unspecified atom stereocenters. The monoisotopic (exact) mass is 349 g/mol. The summed E-state index contributed by atoms with van der Waals surface area (Å²) >= 11 is 2.31. The molecule has 0 radical (unpaired) electrons. The summed E-state index contributed by atoms with van der Waals surface area (Å²) in [6, 6.07) is 16.1. The van der Waals surface area contributed by atoms with E-state index in [2.05, 4.69) is 34.7 Å². The van der Waals surface area contributed by atoms with Crippen molar-refractivity contribution in [2.45, 2.75) is 0 Å². The Bertz CT molecular complexity index is 605. The predicted octanol–water partition coefficient (Wildman–Crippen LogP) is 3.46. The van der Waals surface area contributed by atoms with Gasteiger partial charge in [-0.05, 0) is 51.4 Å². The van der Waals surface area contributed by atoms with Gasteiger partial charge in [0.05, 0.1) is 0 Å². The summed E-state index contributed by atoms with van der Waals surface area (Å²) in [5.74, 6) is -0.437. The standard InChI is InChI=1S/C15H12INO/c16-14-8-4-3-7-13(14)12-6-2-1-5-11(12)9-10-15(17)18/h1-10H,(H2,17,18)/b10-9+. The number of amides is 1. The highest BCUT2D eigenvalue weighted by Gasteiger charge is 2.05. The van der Waals surface area contributed by atoms with E-state index in [9.17, 15) is 4.79 Å². The Balaban J connectivity index is 2.52. The lowest BCUT2D eigenvalue weighted by Gasteiger charge is -2.08. The summed E-state index contributed by atoms with van der Waals surface area (Å²) in [6.07, 6.45) is 3.13. The van der Waals surface area contributed by atoms with Crippen LogP contribution in [0.1, 0.15) is 5.56 Å². The van der Waals surface area contributed by atoms with E-state index >= 15 is 0 Å². The van der Waals surface area contributed by atoms with Gasteiger partial charge in [0.15, 0.2) is 0 Å². The van der Waals surface area contributed by atoms with Gasteiger partial charge in [0.25, 0.3) is 0 Å². The lowest BCUT2D eigenvalue weighted by molar-refractivity contribution is -0.113. The van der Waals surface area contributed by atoms with E-state index in [1.54, 1.807) is 6.08 Å². The van der Waals surface area contributed by atoms with Crippen molar-refractivity contribution in [3.8, 4) is 11.1 Å². The highest BCUT2D eigenvalue weighted by Crippen LogP contribution is 2.28. The van der Waals surface area contributed by atoms with Crippen LogP contribution in [0.25, 0.3) is 17.2 Å². The van der Waals surface area contributed by atoms with Crippen LogP contribution < -0.4 is 5.73 Å². The van der Waals surface area contributed by atoms with Crippen molar-refractivity contribution in [2.24, 2.45) is 5.73 Å². The minimum absolute atomic E-state index is 0.437. The molecular formula is C15H12INO. The van der Waals surface area contributed by atoms with Crippen LogP contribution >= 0.6 is 22.6 Å². The third-order valence-electron chi connectivity index (χ3n) is 2.55. The van der Waals surface area contributed by atoms with E-state index in [0.717, 1.165) is 16.7 Å². The molecule has 0 saturated carbocycles. The van der Waals surface area contributed by atoms with Crippen LogP contribution in [-0.4, -0.2) is 5.91 Å². The molecule has 0 atom stereocenters. The molecule has 2 nitrogen and oxygen atoms in total. The average molecular weight is 349 g/mol. The molecule has 0 aliphatic carbocycles. The van der Waals surface area contributed by atoms with Gasteiger partial charge in [-0.2, -0.15) is 0 Å². The van der Waals surface area contributed by atoms with Crippen molar-refractivity contribution in [2.75, 3.05) is 0 Å². The van der Waals surface area contributed by atoms with Gasteiger partial charge in [-0.15, -0.1) is 0 Å². The van der Waals surface area contributed by atoms with E-state index in [1.165, 1.54) is 9.65 Å². The molecule has 0 saturated heterocycles. The third kappa shape index (κ3) is 2.98. The normalized spacial score (nSPS) is 10.7. The molecule has 0 fully saturated rings. The molecule has 2 N–H and O–H groups in total. The Morgan fingerprint density at radius 3 is 2.28 bits per heavy atom. The fourth-order valence-corrected chi connectivity index (χ4v) is 2.42. The van der Waals surface area contributed by atoms with Crippen LogP contribution in [0.5, 0.6) is 0 Å². The molecule has 1 amide bonds. The highest BCUT2D eigenvalue weighted by atomic mass is 127. The van der Waals surface area contributed by atoms with Gasteiger partial charge in [0.2, 0.25) is 5.91 Å². The number of rotatable bonds is 3. The van der Waals surface area contributed by atoms with Gasteiger partial charge in [-0.25, -0.2) is 0 Å². The van der Waals surface area contributed by atoms with Gasteiger partial charge in [0.1, 0.15) is 0 Å². The topological polar surface area (TPSA) is 43.1 Å². The zero-order valence-corrected chi connectivity index (χ0v) is 11.8. The summed E-state index contributed by atoms with van der Waals surface area (Å²) < 4.78 is 1.18. The Hall–Kier alpha value is -1.62. The zero-order chi connectivity index (χ0) is 13.0. The molecule has 0 bridgehead atoms. The minimum atomic E-state index is -0.437. The van der Waals surface area contributed by atoms with Crippen molar-refractivity contribution in [3.05, 3.63) is 63.7 Å². The van der Waals surface area contributed by atoms with Crippen molar-refractivity contribution in [3.63, 3.8) is 0 Å². The zero-order valence-electron chi connectivity index (χ0n) is 9.64. The smallest absolute Gasteiger partial charge is 0.241 e. The molecule has 0 aliphatic rings. The maximum atomic E-state index is 10.8. The maximum Gasteiger partial charge on any atom is 0.241 e. The number of nitrogens with two attached hydrogens (primary N) is 1. The van der Waals surface area contributed by atoms with Crippen LogP contribution in [0.2, 0.25) is 0 Å². The minimum Gasteiger partial charge on any atom is -0.366 e. The van der Waals surface area contributed by atoms with E-state index < -0.39 is 5.91 Å². The molecule has 2 aromatic carbocycles. The van der Waals surface area contributed by atoms with Crippen molar-refractivity contribution in [1.82, 2.24) is 0 Å². The summed E-state index contributed by atoms with van der Waals surface area (Å²) in [7, 11) is 0. The Kier molecular flexibility index (Phi) is 4.15. The van der Waals surface area contributed by atoms with Crippen molar-refractivity contribution >= 4 is 34.6 Å². The lowest BCUT2D eigenvalue weighted by Crippen LogP contribution is -2.05. The lowest BCUT2D eigenvalue weighted by atomic mass is 9.99. The van der Waals surface area contributed by atoms with E-state index in [4.69, 9.17) is 5.73 Å². The number of carbonyl (C=O) groups excluding carboxylic acids is 1. The second-order valence-corrected chi connectivity index (χ2v) is 4.96. The SMILES string of the molecule is NC(=O)/C=C/c1ccccc1-c1ccccc1I. The van der Waals surface area contributed by atoms with E-state index in [1.807, 2.05) is 36.4 Å². The van der Waals surface area contributed by atoms with Crippen LogP contribution in [0.15, 0.2) is 54.6 Å². The number of primary amides is 1. The molecule has 0 aliphatic heterocycles. The first-order chi connectivity index (χ1) is 8.68. The van der Waals surface area contributed by atoms with Crippen LogP contribution in [-0.2, 0) is 4.79 Å². The average Bonchev–Trinajstić information content (AvgIpc) is 2.37. The predicted molar refractivity (Wildman–Crippen MR) is 82.8 cm³/mol. The first kappa shape index (κ1) is 12.8. The van der Waals surface area contributed by atoms with Crippen LogP contribution in [0, 0.1) is 3.57 Å². The summed E-state index contributed by atoms with van der Waals surface area (Å²) in [5, 5.41) is 0. The number of carbonyl (C=O) groups is 1. The maximum absolute atomic E-state index is 10.8. The van der Waals surface area contributed by atoms with E-state index in [-0.39, 0.29) is 0 Å². The Labute approximate surface area is 120 Å². The molecule has 0 spiro atoms. The molecule has 0 heterocycles. The van der Waals surface area contributed by atoms with Gasteiger partial charge >= 0.3 is 0 Å². The number of halogens is 1. The van der Waals surface area contributed by atoms with Gasteiger partial charge < -0.3 is 5.73 Å². The summed E-state index contributed by atoms with van der Waals surface area (Å²) in [6.45, 7) is 0. The number of benzene rings is 2. The highest BCUT2D eigenvalue weighted by molar-refractivity contribution is 14.1. The van der Waals surface area contributed by atoms with E-state index in [0.29, 0.717) is 0 Å². The van der Waals surface area contributed by atoms with Crippen molar-refractivity contribution < 1.29 is 4.79 Å².